The molecular formula is C15H15NO2. The summed E-state index contributed by atoms with van der Waals surface area (Å²) in [6, 6.07) is 18.9. The molecule has 2 rings (SSSR count). The lowest BCUT2D eigenvalue weighted by Gasteiger charge is -2.16. The van der Waals surface area contributed by atoms with Crippen LogP contribution in [0.25, 0.3) is 0 Å². The molecule has 2 aromatic rings. The predicted octanol–water partition coefficient (Wildman–Crippen LogP) is 3.32. The van der Waals surface area contributed by atoms with Crippen LogP contribution in [0.2, 0.25) is 0 Å². The summed E-state index contributed by atoms with van der Waals surface area (Å²) in [5, 5.41) is 0. The summed E-state index contributed by atoms with van der Waals surface area (Å²) in [5.41, 5.74) is 1.07. The van der Waals surface area contributed by atoms with Crippen molar-refractivity contribution in [1.82, 2.24) is 4.90 Å². The number of carbonyl (C=O) groups is 1. The van der Waals surface area contributed by atoms with Crippen LogP contribution in [0.1, 0.15) is 5.56 Å². The molecule has 18 heavy (non-hydrogen) atoms. The highest BCUT2D eigenvalue weighted by atomic mass is 16.6. The van der Waals surface area contributed by atoms with E-state index in [0.29, 0.717) is 12.3 Å². The molecule has 0 saturated heterocycles. The molecule has 0 saturated carbocycles. The number of benzene rings is 2. The number of hydrogen-bond acceptors (Lipinski definition) is 2. The number of rotatable bonds is 3. The molecule has 2 aromatic carbocycles. The van der Waals surface area contributed by atoms with Crippen LogP contribution < -0.4 is 4.74 Å². The SMILES string of the molecule is CN(Cc1ccccc1)C(=O)Oc1ccccc1. The van der Waals surface area contributed by atoms with Gasteiger partial charge in [-0.15, -0.1) is 0 Å². The zero-order chi connectivity index (χ0) is 12.8. The topological polar surface area (TPSA) is 29.5 Å². The normalized spacial score (nSPS) is 9.83. The third-order valence-electron chi connectivity index (χ3n) is 2.52. The van der Waals surface area contributed by atoms with Crippen molar-refractivity contribution in [3.05, 3.63) is 66.2 Å². The van der Waals surface area contributed by atoms with Crippen molar-refractivity contribution >= 4 is 6.09 Å². The maximum atomic E-state index is 11.8. The molecular weight excluding hydrogens is 226 g/mol. The fraction of sp³-hybridized carbons (Fsp3) is 0.133. The Bertz CT molecular complexity index is 496. The van der Waals surface area contributed by atoms with Gasteiger partial charge in [0.2, 0.25) is 0 Å². The van der Waals surface area contributed by atoms with Crippen molar-refractivity contribution in [1.29, 1.82) is 0 Å². The largest absolute Gasteiger partial charge is 0.415 e. The molecule has 0 heterocycles. The van der Waals surface area contributed by atoms with Crippen molar-refractivity contribution in [3.63, 3.8) is 0 Å². The highest BCUT2D eigenvalue weighted by molar-refractivity contribution is 5.70. The molecule has 0 radical (unpaired) electrons. The molecule has 1 amide bonds. The molecule has 3 heteroatoms. The summed E-state index contributed by atoms with van der Waals surface area (Å²) in [6.07, 6.45) is -0.356. The first-order chi connectivity index (χ1) is 8.75. The Labute approximate surface area is 107 Å². The minimum absolute atomic E-state index is 0.356. The lowest BCUT2D eigenvalue weighted by Crippen LogP contribution is -2.29. The van der Waals surface area contributed by atoms with E-state index in [1.54, 1.807) is 24.1 Å². The van der Waals surface area contributed by atoms with Crippen molar-refractivity contribution < 1.29 is 9.53 Å². The lowest BCUT2D eigenvalue weighted by atomic mass is 10.2. The van der Waals surface area contributed by atoms with E-state index >= 15 is 0 Å². The zero-order valence-corrected chi connectivity index (χ0v) is 10.2. The van der Waals surface area contributed by atoms with E-state index in [0.717, 1.165) is 5.56 Å². The van der Waals surface area contributed by atoms with Crippen LogP contribution in [-0.4, -0.2) is 18.0 Å². The molecule has 0 aliphatic carbocycles. The quantitative estimate of drug-likeness (QED) is 0.825. The summed E-state index contributed by atoms with van der Waals surface area (Å²) in [6.45, 7) is 0.534. The Kier molecular flexibility index (Phi) is 3.97. The van der Waals surface area contributed by atoms with Gasteiger partial charge in [0.05, 0.1) is 0 Å². The van der Waals surface area contributed by atoms with Crippen molar-refractivity contribution in [2.75, 3.05) is 7.05 Å². The monoisotopic (exact) mass is 241 g/mol. The molecule has 0 N–H and O–H groups in total. The van der Waals surface area contributed by atoms with E-state index in [9.17, 15) is 4.79 Å². The predicted molar refractivity (Wildman–Crippen MR) is 70.4 cm³/mol. The molecule has 0 aliphatic rings. The van der Waals surface area contributed by atoms with Gasteiger partial charge in [0.15, 0.2) is 0 Å². The molecule has 0 spiro atoms. The Balaban J connectivity index is 1.93. The number of hydrogen-bond donors (Lipinski definition) is 0. The van der Waals surface area contributed by atoms with Crippen LogP contribution in [0.4, 0.5) is 4.79 Å². The molecule has 0 bridgehead atoms. The van der Waals surface area contributed by atoms with Gasteiger partial charge >= 0.3 is 6.09 Å². The van der Waals surface area contributed by atoms with Crippen molar-refractivity contribution in [3.8, 4) is 5.75 Å². The number of ether oxygens (including phenoxy) is 1. The zero-order valence-electron chi connectivity index (χ0n) is 10.2. The van der Waals surface area contributed by atoms with E-state index in [1.165, 1.54) is 0 Å². The first-order valence-corrected chi connectivity index (χ1v) is 5.77. The Morgan fingerprint density at radius 1 is 1.00 bits per heavy atom. The second-order valence-corrected chi connectivity index (χ2v) is 4.02. The van der Waals surface area contributed by atoms with Crippen LogP contribution in [0.3, 0.4) is 0 Å². The van der Waals surface area contributed by atoms with Gasteiger partial charge in [-0.3, -0.25) is 0 Å². The average molecular weight is 241 g/mol. The van der Waals surface area contributed by atoms with E-state index in [4.69, 9.17) is 4.74 Å². The number of carbonyl (C=O) groups excluding carboxylic acids is 1. The standard InChI is InChI=1S/C15H15NO2/c1-16(12-13-8-4-2-5-9-13)15(17)18-14-10-6-3-7-11-14/h2-11H,12H2,1H3. The molecule has 0 atom stereocenters. The van der Waals surface area contributed by atoms with Crippen LogP contribution in [0.5, 0.6) is 5.75 Å². The summed E-state index contributed by atoms with van der Waals surface area (Å²) in [7, 11) is 1.72. The highest BCUT2D eigenvalue weighted by Gasteiger charge is 2.11. The Morgan fingerprint density at radius 2 is 1.56 bits per heavy atom. The van der Waals surface area contributed by atoms with Gasteiger partial charge in [0, 0.05) is 13.6 Å². The first-order valence-electron chi connectivity index (χ1n) is 5.77. The van der Waals surface area contributed by atoms with E-state index in [2.05, 4.69) is 0 Å². The Morgan fingerprint density at radius 3 is 2.17 bits per heavy atom. The first kappa shape index (κ1) is 12.2. The van der Waals surface area contributed by atoms with E-state index in [1.807, 2.05) is 48.5 Å². The third kappa shape index (κ3) is 3.35. The molecule has 0 aromatic heterocycles. The van der Waals surface area contributed by atoms with Crippen LogP contribution in [-0.2, 0) is 6.54 Å². The number of nitrogens with zero attached hydrogens (tertiary/aromatic N) is 1. The summed E-state index contributed by atoms with van der Waals surface area (Å²) < 4.78 is 5.24. The summed E-state index contributed by atoms with van der Waals surface area (Å²) in [4.78, 5) is 13.4. The van der Waals surface area contributed by atoms with Gasteiger partial charge in [0.1, 0.15) is 5.75 Å². The van der Waals surface area contributed by atoms with E-state index < -0.39 is 0 Å². The maximum absolute atomic E-state index is 11.8. The van der Waals surface area contributed by atoms with Gasteiger partial charge in [-0.25, -0.2) is 4.79 Å². The van der Waals surface area contributed by atoms with Crippen LogP contribution >= 0.6 is 0 Å². The average Bonchev–Trinajstić information content (AvgIpc) is 2.41. The fourth-order valence-electron chi connectivity index (χ4n) is 1.59. The summed E-state index contributed by atoms with van der Waals surface area (Å²) >= 11 is 0. The lowest BCUT2D eigenvalue weighted by molar-refractivity contribution is 0.161. The van der Waals surface area contributed by atoms with Gasteiger partial charge in [-0.05, 0) is 17.7 Å². The van der Waals surface area contributed by atoms with Crippen molar-refractivity contribution in [2.24, 2.45) is 0 Å². The molecule has 0 aliphatic heterocycles. The fourth-order valence-corrected chi connectivity index (χ4v) is 1.59. The third-order valence-corrected chi connectivity index (χ3v) is 2.52. The maximum Gasteiger partial charge on any atom is 0.415 e. The molecule has 0 unspecified atom stereocenters. The minimum atomic E-state index is -0.356. The second kappa shape index (κ2) is 5.87. The number of para-hydroxylation sites is 1. The minimum Gasteiger partial charge on any atom is -0.410 e. The van der Waals surface area contributed by atoms with E-state index in [-0.39, 0.29) is 6.09 Å². The Hall–Kier alpha value is -2.29. The summed E-state index contributed by atoms with van der Waals surface area (Å²) in [5.74, 6) is 0.558. The number of amides is 1. The van der Waals surface area contributed by atoms with Gasteiger partial charge in [-0.1, -0.05) is 48.5 Å². The van der Waals surface area contributed by atoms with Gasteiger partial charge < -0.3 is 9.64 Å². The molecule has 92 valence electrons. The highest BCUT2D eigenvalue weighted by Crippen LogP contribution is 2.11. The molecule has 3 nitrogen and oxygen atoms in total. The van der Waals surface area contributed by atoms with Crippen molar-refractivity contribution in [2.45, 2.75) is 6.54 Å². The van der Waals surface area contributed by atoms with Gasteiger partial charge in [-0.2, -0.15) is 0 Å². The van der Waals surface area contributed by atoms with Crippen LogP contribution in [0.15, 0.2) is 60.7 Å². The van der Waals surface area contributed by atoms with Crippen LogP contribution in [0, 0.1) is 0 Å². The second-order valence-electron chi connectivity index (χ2n) is 4.02. The smallest absolute Gasteiger partial charge is 0.410 e. The van der Waals surface area contributed by atoms with Gasteiger partial charge in [0.25, 0.3) is 0 Å². The molecule has 0 fully saturated rings.